The number of carbonyl (C=O) groups excluding carboxylic acids is 2. The highest BCUT2D eigenvalue weighted by molar-refractivity contribution is 7.99. The van der Waals surface area contributed by atoms with Crippen LogP contribution in [0, 0.1) is 5.92 Å². The van der Waals surface area contributed by atoms with Gasteiger partial charge in [0.25, 0.3) is 0 Å². The van der Waals surface area contributed by atoms with E-state index >= 15 is 0 Å². The minimum Gasteiger partial charge on any atom is -0.487 e. The third-order valence-corrected chi connectivity index (χ3v) is 7.43. The Morgan fingerprint density at radius 3 is 2.56 bits per heavy atom. The summed E-state index contributed by atoms with van der Waals surface area (Å²) in [5, 5.41) is 1.83. The fourth-order valence-corrected chi connectivity index (χ4v) is 5.19. The van der Waals surface area contributed by atoms with Crippen molar-refractivity contribution in [1.29, 1.82) is 0 Å². The van der Waals surface area contributed by atoms with Gasteiger partial charge in [-0.05, 0) is 54.7 Å². The molecule has 0 bridgehead atoms. The summed E-state index contributed by atoms with van der Waals surface area (Å²) in [6, 6.07) is 17.6. The second-order valence-electron chi connectivity index (χ2n) is 8.65. The van der Waals surface area contributed by atoms with Crippen molar-refractivity contribution in [3.63, 3.8) is 0 Å². The molecule has 0 N–H and O–H groups in total. The average molecular weight is 530 g/mol. The molecule has 2 aromatic carbocycles. The van der Waals surface area contributed by atoms with Crippen LogP contribution in [0.25, 0.3) is 10.9 Å². The quantitative estimate of drug-likeness (QED) is 0.226. The van der Waals surface area contributed by atoms with Crippen molar-refractivity contribution in [2.24, 2.45) is 5.92 Å². The van der Waals surface area contributed by atoms with Gasteiger partial charge in [0.15, 0.2) is 0 Å². The summed E-state index contributed by atoms with van der Waals surface area (Å²) in [7, 11) is 2.81. The van der Waals surface area contributed by atoms with E-state index in [-0.39, 0.29) is 23.1 Å². The van der Waals surface area contributed by atoms with E-state index in [0.717, 1.165) is 40.8 Å². The standard InChI is InChI=1S/C28H32ClNO5S/c1-19(15-28(32)34-3)7-12-26(36-14-13-27(31)33-2)21-5-4-6-24(16-21)35-18-23-11-9-20-8-10-22(29)17-25(20)30-23/h4-6,8-11,16-17,19,26H,7,12-15,18H2,1-3H3. The Kier molecular flexibility index (Phi) is 10.9. The van der Waals surface area contributed by atoms with E-state index in [4.69, 9.17) is 25.8 Å². The summed E-state index contributed by atoms with van der Waals surface area (Å²) in [5.74, 6) is 1.19. The van der Waals surface area contributed by atoms with Crippen LogP contribution in [0.2, 0.25) is 5.02 Å². The van der Waals surface area contributed by atoms with Crippen molar-refractivity contribution in [2.45, 2.75) is 44.5 Å². The monoisotopic (exact) mass is 529 g/mol. The van der Waals surface area contributed by atoms with Gasteiger partial charge in [0.1, 0.15) is 12.4 Å². The first-order valence-electron chi connectivity index (χ1n) is 11.9. The molecule has 8 heteroatoms. The van der Waals surface area contributed by atoms with Gasteiger partial charge in [0.05, 0.1) is 31.9 Å². The van der Waals surface area contributed by atoms with Gasteiger partial charge < -0.3 is 14.2 Å². The lowest BCUT2D eigenvalue weighted by molar-refractivity contribution is -0.142. The van der Waals surface area contributed by atoms with E-state index in [1.807, 2.05) is 48.5 Å². The summed E-state index contributed by atoms with van der Waals surface area (Å²) in [4.78, 5) is 27.9. The third-order valence-electron chi connectivity index (χ3n) is 5.85. The van der Waals surface area contributed by atoms with Gasteiger partial charge in [-0.3, -0.25) is 9.59 Å². The van der Waals surface area contributed by atoms with Gasteiger partial charge in [0.2, 0.25) is 0 Å². The predicted octanol–water partition coefficient (Wildman–Crippen LogP) is 6.78. The van der Waals surface area contributed by atoms with Crippen molar-refractivity contribution in [3.8, 4) is 5.75 Å². The van der Waals surface area contributed by atoms with Crippen LogP contribution < -0.4 is 4.74 Å². The molecule has 0 radical (unpaired) electrons. The molecule has 0 aliphatic rings. The van der Waals surface area contributed by atoms with E-state index in [9.17, 15) is 9.59 Å². The Morgan fingerprint density at radius 2 is 1.78 bits per heavy atom. The Hall–Kier alpha value is -2.77. The lowest BCUT2D eigenvalue weighted by atomic mass is 9.98. The van der Waals surface area contributed by atoms with E-state index in [1.165, 1.54) is 14.2 Å². The molecule has 0 fully saturated rings. The van der Waals surface area contributed by atoms with Crippen LogP contribution in [-0.4, -0.2) is 36.9 Å². The first kappa shape index (κ1) is 27.8. The number of hydrogen-bond donors (Lipinski definition) is 0. The molecule has 0 saturated carbocycles. The maximum Gasteiger partial charge on any atom is 0.306 e. The highest BCUT2D eigenvalue weighted by Crippen LogP contribution is 2.36. The molecule has 0 aliphatic heterocycles. The second kappa shape index (κ2) is 14.1. The number of carbonyl (C=O) groups is 2. The van der Waals surface area contributed by atoms with Crippen molar-refractivity contribution in [2.75, 3.05) is 20.0 Å². The minimum absolute atomic E-state index is 0.152. The minimum atomic E-state index is -0.221. The number of aromatic nitrogens is 1. The molecule has 1 heterocycles. The third kappa shape index (κ3) is 8.71. The smallest absolute Gasteiger partial charge is 0.306 e. The highest BCUT2D eigenvalue weighted by Gasteiger charge is 2.17. The molecule has 3 aromatic rings. The first-order valence-corrected chi connectivity index (χ1v) is 13.3. The summed E-state index contributed by atoms with van der Waals surface area (Å²) in [6.07, 6.45) is 2.46. The van der Waals surface area contributed by atoms with Crippen LogP contribution in [-0.2, 0) is 25.7 Å². The maximum atomic E-state index is 11.6. The van der Waals surface area contributed by atoms with Gasteiger partial charge in [0, 0.05) is 27.8 Å². The van der Waals surface area contributed by atoms with Gasteiger partial charge in [-0.2, -0.15) is 11.8 Å². The molecule has 2 unspecified atom stereocenters. The van der Waals surface area contributed by atoms with Crippen LogP contribution in [0.4, 0.5) is 0 Å². The predicted molar refractivity (Wildman–Crippen MR) is 144 cm³/mol. The van der Waals surface area contributed by atoms with Crippen molar-refractivity contribution in [1.82, 2.24) is 4.98 Å². The maximum absolute atomic E-state index is 11.6. The number of thioether (sulfide) groups is 1. The molecule has 0 saturated heterocycles. The number of benzene rings is 2. The molecule has 0 spiro atoms. The molecular weight excluding hydrogens is 498 g/mol. The van der Waals surface area contributed by atoms with Crippen molar-refractivity contribution >= 4 is 46.2 Å². The van der Waals surface area contributed by atoms with E-state index in [2.05, 4.69) is 18.0 Å². The number of methoxy groups -OCH3 is 2. The largest absolute Gasteiger partial charge is 0.487 e. The van der Waals surface area contributed by atoms with Gasteiger partial charge in [-0.1, -0.05) is 42.8 Å². The number of esters is 2. The molecule has 0 aliphatic carbocycles. The zero-order valence-corrected chi connectivity index (χ0v) is 22.4. The molecule has 6 nitrogen and oxygen atoms in total. The van der Waals surface area contributed by atoms with Crippen LogP contribution in [0.3, 0.4) is 0 Å². The molecule has 2 atom stereocenters. The molecule has 3 rings (SSSR count). The van der Waals surface area contributed by atoms with Gasteiger partial charge in [-0.15, -0.1) is 0 Å². The number of halogens is 1. The summed E-state index contributed by atoms with van der Waals surface area (Å²) >= 11 is 7.82. The summed E-state index contributed by atoms with van der Waals surface area (Å²) in [6.45, 7) is 2.39. The highest BCUT2D eigenvalue weighted by atomic mass is 35.5. The number of ether oxygens (including phenoxy) is 3. The SMILES string of the molecule is COC(=O)CCSC(CCC(C)CC(=O)OC)c1cccc(OCc2ccc3ccc(Cl)cc3n2)c1. The van der Waals surface area contributed by atoms with Crippen molar-refractivity contribution in [3.05, 3.63) is 70.9 Å². The fourth-order valence-electron chi connectivity index (χ4n) is 3.81. The van der Waals surface area contributed by atoms with E-state index < -0.39 is 0 Å². The summed E-state index contributed by atoms with van der Waals surface area (Å²) in [5.41, 5.74) is 2.77. The number of hydrogen-bond acceptors (Lipinski definition) is 7. The Balaban J connectivity index is 1.67. The van der Waals surface area contributed by atoms with Crippen LogP contribution in [0.5, 0.6) is 5.75 Å². The average Bonchev–Trinajstić information content (AvgIpc) is 2.88. The molecule has 36 heavy (non-hydrogen) atoms. The first-order chi connectivity index (χ1) is 17.4. The lowest BCUT2D eigenvalue weighted by Gasteiger charge is -2.20. The molecule has 0 amide bonds. The zero-order valence-electron chi connectivity index (χ0n) is 20.9. The van der Waals surface area contributed by atoms with Gasteiger partial charge >= 0.3 is 11.9 Å². The van der Waals surface area contributed by atoms with Crippen LogP contribution in [0.1, 0.15) is 49.1 Å². The van der Waals surface area contributed by atoms with Gasteiger partial charge in [-0.25, -0.2) is 4.98 Å². The Labute approximate surface area is 221 Å². The Bertz CT molecular complexity index is 1170. The van der Waals surface area contributed by atoms with Crippen LogP contribution in [0.15, 0.2) is 54.6 Å². The number of pyridine rings is 1. The molecular formula is C28H32ClNO5S. The van der Waals surface area contributed by atoms with Crippen LogP contribution >= 0.6 is 23.4 Å². The molecule has 192 valence electrons. The summed E-state index contributed by atoms with van der Waals surface area (Å²) < 4.78 is 15.7. The normalized spacial score (nSPS) is 12.7. The van der Waals surface area contributed by atoms with E-state index in [1.54, 1.807) is 11.8 Å². The molecule has 1 aromatic heterocycles. The lowest BCUT2D eigenvalue weighted by Crippen LogP contribution is -2.09. The number of fused-ring (bicyclic) bond motifs is 1. The number of rotatable bonds is 13. The second-order valence-corrected chi connectivity index (χ2v) is 10.4. The van der Waals surface area contributed by atoms with Crippen molar-refractivity contribution < 1.29 is 23.8 Å². The Morgan fingerprint density at radius 1 is 1.00 bits per heavy atom. The topological polar surface area (TPSA) is 74.7 Å². The van der Waals surface area contributed by atoms with E-state index in [0.29, 0.717) is 30.2 Å². The zero-order chi connectivity index (χ0) is 25.9. The fraction of sp³-hybridized carbons (Fsp3) is 0.393. The number of nitrogens with zero attached hydrogens (tertiary/aromatic N) is 1.